The van der Waals surface area contributed by atoms with Gasteiger partial charge in [-0.3, -0.25) is 15.1 Å². The first-order valence-electron chi connectivity index (χ1n) is 7.55. The highest BCUT2D eigenvalue weighted by Gasteiger charge is 2.36. The van der Waals surface area contributed by atoms with Crippen LogP contribution >= 0.6 is 27.7 Å². The van der Waals surface area contributed by atoms with Gasteiger partial charge in [0, 0.05) is 9.88 Å². The van der Waals surface area contributed by atoms with Gasteiger partial charge in [-0.2, -0.15) is 4.99 Å². The van der Waals surface area contributed by atoms with E-state index in [2.05, 4.69) is 20.9 Å². The number of nitrogens with one attached hydrogen (secondary N) is 1. The van der Waals surface area contributed by atoms with Gasteiger partial charge in [-0.05, 0) is 29.3 Å². The number of amides is 1. The summed E-state index contributed by atoms with van der Waals surface area (Å²) < 4.78 is 0.919. The van der Waals surface area contributed by atoms with E-state index in [9.17, 15) is 4.79 Å². The van der Waals surface area contributed by atoms with E-state index in [1.165, 1.54) is 11.8 Å². The van der Waals surface area contributed by atoms with Crippen molar-refractivity contribution in [2.45, 2.75) is 0 Å². The molecule has 2 aliphatic rings. The Hall–Kier alpha value is -2.44. The lowest BCUT2D eigenvalue weighted by Gasteiger charge is -2.26. The van der Waals surface area contributed by atoms with Gasteiger partial charge in [0.1, 0.15) is 5.84 Å². The average Bonchev–Trinajstić information content (AvgIpc) is 3.03. The number of aliphatic imine (C=N–C) groups is 1. The molecule has 0 aromatic heterocycles. The zero-order valence-corrected chi connectivity index (χ0v) is 15.3. The Bertz CT molecular complexity index is 979. The summed E-state index contributed by atoms with van der Waals surface area (Å²) in [6.07, 6.45) is 1.71. The number of carbonyl (C=O) groups excluding carboxylic acids is 1. The third-order valence-corrected chi connectivity index (χ3v) is 5.16. The molecule has 0 saturated carbocycles. The molecule has 122 valence electrons. The second-order valence-corrected chi connectivity index (χ2v) is 7.24. The highest BCUT2D eigenvalue weighted by atomic mass is 79.9. The standard InChI is InChI=1S/C19H12BrN3OS/c20-14-8-4-5-12(9-14)10-15-17(21)23-16(13-6-2-1-3-7-13)11-25-19(23)22-18(15)24/h1-11,21H. The van der Waals surface area contributed by atoms with Gasteiger partial charge in [0.2, 0.25) is 0 Å². The zero-order chi connectivity index (χ0) is 17.4. The maximum absolute atomic E-state index is 12.4. The lowest BCUT2D eigenvalue weighted by molar-refractivity contribution is -0.114. The molecular formula is C19H12BrN3OS. The highest BCUT2D eigenvalue weighted by Crippen LogP contribution is 2.37. The molecule has 0 atom stereocenters. The van der Waals surface area contributed by atoms with Gasteiger partial charge in [-0.25, -0.2) is 0 Å². The fraction of sp³-hybridized carbons (Fsp3) is 0. The largest absolute Gasteiger partial charge is 0.283 e. The van der Waals surface area contributed by atoms with Crippen LogP contribution in [0.2, 0.25) is 0 Å². The number of amidine groups is 2. The van der Waals surface area contributed by atoms with E-state index in [1.54, 1.807) is 11.0 Å². The maximum Gasteiger partial charge on any atom is 0.283 e. The van der Waals surface area contributed by atoms with Gasteiger partial charge in [-0.1, -0.05) is 70.2 Å². The van der Waals surface area contributed by atoms with Crippen molar-refractivity contribution < 1.29 is 4.79 Å². The summed E-state index contributed by atoms with van der Waals surface area (Å²) in [5, 5.41) is 11.0. The van der Waals surface area contributed by atoms with E-state index < -0.39 is 0 Å². The number of halogens is 1. The fourth-order valence-electron chi connectivity index (χ4n) is 2.68. The molecule has 0 aliphatic carbocycles. The average molecular weight is 410 g/mol. The van der Waals surface area contributed by atoms with E-state index in [0.717, 1.165) is 21.3 Å². The molecule has 2 aromatic rings. The van der Waals surface area contributed by atoms with Crippen molar-refractivity contribution >= 4 is 56.4 Å². The Morgan fingerprint density at radius 3 is 2.68 bits per heavy atom. The molecule has 4 rings (SSSR count). The fourth-order valence-corrected chi connectivity index (χ4v) is 3.98. The highest BCUT2D eigenvalue weighted by molar-refractivity contribution is 9.10. The molecule has 0 radical (unpaired) electrons. The van der Waals surface area contributed by atoms with Crippen LogP contribution in [0, 0.1) is 5.41 Å². The third kappa shape index (κ3) is 2.99. The molecular weight excluding hydrogens is 398 g/mol. The van der Waals surface area contributed by atoms with E-state index in [0.29, 0.717) is 5.17 Å². The van der Waals surface area contributed by atoms with Crippen LogP contribution < -0.4 is 0 Å². The van der Waals surface area contributed by atoms with Gasteiger partial charge < -0.3 is 0 Å². The van der Waals surface area contributed by atoms with E-state index in [4.69, 9.17) is 5.41 Å². The van der Waals surface area contributed by atoms with E-state index >= 15 is 0 Å². The predicted molar refractivity (Wildman–Crippen MR) is 106 cm³/mol. The number of benzene rings is 2. The Morgan fingerprint density at radius 2 is 1.92 bits per heavy atom. The first kappa shape index (κ1) is 16.1. The van der Waals surface area contributed by atoms with E-state index in [-0.39, 0.29) is 17.3 Å². The van der Waals surface area contributed by atoms with Crippen molar-refractivity contribution in [1.29, 1.82) is 5.41 Å². The summed E-state index contributed by atoms with van der Waals surface area (Å²) in [4.78, 5) is 18.3. The Labute approximate surface area is 157 Å². The Balaban J connectivity index is 1.75. The molecule has 2 aliphatic heterocycles. The number of hydrogen-bond acceptors (Lipinski definition) is 3. The Morgan fingerprint density at radius 1 is 1.12 bits per heavy atom. The van der Waals surface area contributed by atoms with Crippen LogP contribution in [-0.4, -0.2) is 21.8 Å². The van der Waals surface area contributed by atoms with Crippen molar-refractivity contribution in [3.8, 4) is 0 Å². The van der Waals surface area contributed by atoms with Crippen molar-refractivity contribution in [2.24, 2.45) is 4.99 Å². The molecule has 1 N–H and O–H groups in total. The summed E-state index contributed by atoms with van der Waals surface area (Å²) in [6, 6.07) is 17.4. The van der Waals surface area contributed by atoms with Crippen LogP contribution in [0.4, 0.5) is 0 Å². The lowest BCUT2D eigenvalue weighted by Crippen LogP contribution is -2.38. The molecule has 6 heteroatoms. The van der Waals surface area contributed by atoms with Crippen LogP contribution in [0.5, 0.6) is 0 Å². The normalized spacial score (nSPS) is 18.3. The van der Waals surface area contributed by atoms with Gasteiger partial charge in [-0.15, -0.1) is 0 Å². The molecule has 2 aromatic carbocycles. The van der Waals surface area contributed by atoms with Gasteiger partial charge in [0.15, 0.2) is 5.17 Å². The first-order valence-corrected chi connectivity index (χ1v) is 9.22. The molecule has 25 heavy (non-hydrogen) atoms. The van der Waals surface area contributed by atoms with Crippen LogP contribution in [0.15, 0.2) is 75.0 Å². The number of nitrogens with zero attached hydrogens (tertiary/aromatic N) is 2. The summed E-state index contributed by atoms with van der Waals surface area (Å²) in [7, 11) is 0. The van der Waals surface area contributed by atoms with Crippen LogP contribution in [0.1, 0.15) is 11.1 Å². The SMILES string of the molecule is N=C1C(=Cc2cccc(Br)c2)C(=O)N=C2SC=C(c3ccccc3)N12. The monoisotopic (exact) mass is 409 g/mol. The topological polar surface area (TPSA) is 56.5 Å². The molecule has 2 heterocycles. The number of fused-ring (bicyclic) bond motifs is 1. The van der Waals surface area contributed by atoms with Crippen molar-refractivity contribution in [2.75, 3.05) is 0 Å². The minimum atomic E-state index is -0.383. The second kappa shape index (κ2) is 6.46. The summed E-state index contributed by atoms with van der Waals surface area (Å²) in [5.41, 5.74) is 2.98. The molecule has 1 amide bonds. The quantitative estimate of drug-likeness (QED) is 0.727. The molecule has 4 nitrogen and oxygen atoms in total. The Kier molecular flexibility index (Phi) is 4.15. The molecule has 0 spiro atoms. The number of hydrogen-bond donors (Lipinski definition) is 1. The van der Waals surface area contributed by atoms with Crippen molar-refractivity contribution in [3.05, 3.63) is 81.2 Å². The molecule has 0 unspecified atom stereocenters. The van der Waals surface area contributed by atoms with Crippen molar-refractivity contribution in [3.63, 3.8) is 0 Å². The number of thioether (sulfide) groups is 1. The number of carbonyl (C=O) groups is 1. The van der Waals surface area contributed by atoms with Crippen molar-refractivity contribution in [1.82, 2.24) is 4.90 Å². The van der Waals surface area contributed by atoms with Gasteiger partial charge in [0.25, 0.3) is 5.91 Å². The molecule has 0 fully saturated rings. The van der Waals surface area contributed by atoms with Crippen LogP contribution in [0.25, 0.3) is 11.8 Å². The minimum absolute atomic E-state index is 0.148. The molecule has 0 saturated heterocycles. The second-order valence-electron chi connectivity index (χ2n) is 5.48. The minimum Gasteiger partial charge on any atom is -0.283 e. The van der Waals surface area contributed by atoms with Gasteiger partial charge in [0.05, 0.1) is 11.3 Å². The number of rotatable bonds is 2. The van der Waals surface area contributed by atoms with Gasteiger partial charge >= 0.3 is 0 Å². The van der Waals surface area contributed by atoms with Crippen LogP contribution in [-0.2, 0) is 4.79 Å². The smallest absolute Gasteiger partial charge is 0.283 e. The zero-order valence-electron chi connectivity index (χ0n) is 12.9. The first-order chi connectivity index (χ1) is 12.1. The third-order valence-electron chi connectivity index (χ3n) is 3.84. The summed E-state index contributed by atoms with van der Waals surface area (Å²) in [5.74, 6) is -0.235. The van der Waals surface area contributed by atoms with E-state index in [1.807, 2.05) is 60.0 Å². The summed E-state index contributed by atoms with van der Waals surface area (Å²) >= 11 is 4.79. The maximum atomic E-state index is 12.4. The molecule has 0 bridgehead atoms. The van der Waals surface area contributed by atoms with Crippen LogP contribution in [0.3, 0.4) is 0 Å². The summed E-state index contributed by atoms with van der Waals surface area (Å²) in [6.45, 7) is 0. The predicted octanol–water partition coefficient (Wildman–Crippen LogP) is 4.75. The lowest BCUT2D eigenvalue weighted by atomic mass is 10.1.